The summed E-state index contributed by atoms with van der Waals surface area (Å²) in [6.45, 7) is 4.90. The van der Waals surface area contributed by atoms with Gasteiger partial charge in [0.25, 0.3) is 5.91 Å². The van der Waals surface area contributed by atoms with Crippen molar-refractivity contribution in [3.63, 3.8) is 0 Å². The van der Waals surface area contributed by atoms with Crippen LogP contribution in [0.2, 0.25) is 0 Å². The summed E-state index contributed by atoms with van der Waals surface area (Å²) in [4.78, 5) is 34.5. The first-order valence-electron chi connectivity index (χ1n) is 11.2. The predicted octanol–water partition coefficient (Wildman–Crippen LogP) is 5.78. The van der Waals surface area contributed by atoms with Gasteiger partial charge in [-0.3, -0.25) is 4.79 Å². The summed E-state index contributed by atoms with van der Waals surface area (Å²) in [6, 6.07) is -1.83. The van der Waals surface area contributed by atoms with Gasteiger partial charge in [0.1, 0.15) is 17.6 Å². The second-order valence-electron chi connectivity index (χ2n) is 8.17. The molecule has 0 aliphatic carbocycles. The SMILES string of the molecule is CCOC(=O)c1nc(C(=O)N2CCCC2C)c(-c2cnc(NC(CC)C(F)(F)F)cc2C(F)(F)F)s1. The van der Waals surface area contributed by atoms with E-state index in [4.69, 9.17) is 4.74 Å². The largest absolute Gasteiger partial charge is 0.461 e. The number of alkyl halides is 6. The third-order valence-electron chi connectivity index (χ3n) is 5.67. The van der Waals surface area contributed by atoms with Gasteiger partial charge in [0.05, 0.1) is 17.0 Å². The summed E-state index contributed by atoms with van der Waals surface area (Å²) in [6.07, 6.45) is -8.01. The van der Waals surface area contributed by atoms with Crippen LogP contribution in [-0.4, -0.2) is 58.2 Å². The minimum absolute atomic E-state index is 0.0201. The van der Waals surface area contributed by atoms with Crippen LogP contribution < -0.4 is 5.32 Å². The monoisotopic (exact) mass is 538 g/mol. The lowest BCUT2D eigenvalue weighted by Crippen LogP contribution is -2.35. The van der Waals surface area contributed by atoms with Crippen LogP contribution in [-0.2, 0) is 10.9 Å². The van der Waals surface area contributed by atoms with Gasteiger partial charge in [0.15, 0.2) is 0 Å². The Bertz CT molecular complexity index is 1120. The zero-order valence-corrected chi connectivity index (χ0v) is 20.4. The van der Waals surface area contributed by atoms with E-state index >= 15 is 0 Å². The standard InChI is InChI=1S/C22H24F6N4O3S/c1-4-14(22(26,27)28)30-15-9-13(21(23,24)25)12(10-29-15)17-16(19(33)32-8-6-7-11(32)3)31-18(36-17)20(34)35-5-2/h9-11,14H,4-8H2,1-3H3,(H,29,30). The van der Waals surface area contributed by atoms with E-state index in [0.717, 1.165) is 6.20 Å². The first-order valence-corrected chi connectivity index (χ1v) is 12.0. The molecule has 1 N–H and O–H groups in total. The fourth-order valence-corrected chi connectivity index (χ4v) is 4.82. The van der Waals surface area contributed by atoms with Crippen molar-refractivity contribution in [2.24, 2.45) is 0 Å². The van der Waals surface area contributed by atoms with Gasteiger partial charge in [-0.05, 0) is 39.2 Å². The van der Waals surface area contributed by atoms with Crippen molar-refractivity contribution in [2.75, 3.05) is 18.5 Å². The lowest BCUT2D eigenvalue weighted by atomic mass is 10.1. The maximum atomic E-state index is 14.1. The van der Waals surface area contributed by atoms with Gasteiger partial charge in [-0.1, -0.05) is 6.92 Å². The maximum absolute atomic E-state index is 14.1. The molecule has 0 aromatic carbocycles. The number of anilines is 1. The van der Waals surface area contributed by atoms with Crippen molar-refractivity contribution < 1.29 is 40.7 Å². The summed E-state index contributed by atoms with van der Waals surface area (Å²) in [7, 11) is 0. The van der Waals surface area contributed by atoms with E-state index in [-0.39, 0.29) is 28.2 Å². The van der Waals surface area contributed by atoms with Gasteiger partial charge in [-0.15, -0.1) is 11.3 Å². The van der Waals surface area contributed by atoms with Crippen molar-refractivity contribution in [1.82, 2.24) is 14.9 Å². The zero-order valence-electron chi connectivity index (χ0n) is 19.6. The van der Waals surface area contributed by atoms with E-state index in [1.54, 1.807) is 6.92 Å². The summed E-state index contributed by atoms with van der Waals surface area (Å²) in [5.74, 6) is -2.19. The number of ether oxygens (including phenoxy) is 1. The molecule has 0 radical (unpaired) electrons. The third-order valence-corrected chi connectivity index (χ3v) is 6.74. The summed E-state index contributed by atoms with van der Waals surface area (Å²) >= 11 is 0.534. The second kappa shape index (κ2) is 10.6. The Balaban J connectivity index is 2.14. The molecule has 36 heavy (non-hydrogen) atoms. The van der Waals surface area contributed by atoms with Crippen LogP contribution in [0.15, 0.2) is 12.3 Å². The molecule has 3 heterocycles. The van der Waals surface area contributed by atoms with Crippen LogP contribution >= 0.6 is 11.3 Å². The lowest BCUT2D eigenvalue weighted by Gasteiger charge is -2.22. The number of pyridine rings is 1. The highest BCUT2D eigenvalue weighted by molar-refractivity contribution is 7.17. The smallest absolute Gasteiger partial charge is 0.417 e. The van der Waals surface area contributed by atoms with E-state index in [1.165, 1.54) is 18.7 Å². The molecule has 1 fully saturated rings. The molecule has 1 aliphatic heterocycles. The third kappa shape index (κ3) is 5.90. The molecule has 3 rings (SSSR count). The van der Waals surface area contributed by atoms with Gasteiger partial charge in [-0.2, -0.15) is 26.3 Å². The molecule has 2 aromatic heterocycles. The van der Waals surface area contributed by atoms with Crippen molar-refractivity contribution in [1.29, 1.82) is 0 Å². The fourth-order valence-electron chi connectivity index (χ4n) is 3.84. The van der Waals surface area contributed by atoms with E-state index < -0.39 is 53.6 Å². The Kier molecular flexibility index (Phi) is 8.16. The molecule has 1 aliphatic rings. The van der Waals surface area contributed by atoms with Crippen molar-refractivity contribution in [3.8, 4) is 10.4 Å². The topological polar surface area (TPSA) is 84.4 Å². The number of carbonyl (C=O) groups is 2. The van der Waals surface area contributed by atoms with Crippen LogP contribution in [0.1, 0.15) is 65.9 Å². The van der Waals surface area contributed by atoms with Gasteiger partial charge in [-0.25, -0.2) is 14.8 Å². The molecule has 2 unspecified atom stereocenters. The number of hydrogen-bond donors (Lipinski definition) is 1. The molecule has 0 spiro atoms. The van der Waals surface area contributed by atoms with Crippen LogP contribution in [0, 0.1) is 0 Å². The average molecular weight is 539 g/mol. The predicted molar refractivity (Wildman–Crippen MR) is 120 cm³/mol. The number of nitrogens with one attached hydrogen (secondary N) is 1. The van der Waals surface area contributed by atoms with E-state index in [9.17, 15) is 35.9 Å². The van der Waals surface area contributed by atoms with Crippen molar-refractivity contribution in [3.05, 3.63) is 28.5 Å². The Morgan fingerprint density at radius 2 is 1.94 bits per heavy atom. The lowest BCUT2D eigenvalue weighted by molar-refractivity contribution is -0.142. The molecule has 7 nitrogen and oxygen atoms in total. The molecule has 0 bridgehead atoms. The number of likely N-dealkylation sites (tertiary alicyclic amines) is 1. The Morgan fingerprint density at radius 1 is 1.25 bits per heavy atom. The highest BCUT2D eigenvalue weighted by Crippen LogP contribution is 2.42. The van der Waals surface area contributed by atoms with Gasteiger partial charge in [0, 0.05) is 24.3 Å². The van der Waals surface area contributed by atoms with E-state index in [2.05, 4.69) is 9.97 Å². The van der Waals surface area contributed by atoms with Crippen molar-refractivity contribution in [2.45, 2.75) is 64.5 Å². The molecule has 1 amide bonds. The molecule has 2 aromatic rings. The minimum Gasteiger partial charge on any atom is -0.461 e. The van der Waals surface area contributed by atoms with E-state index in [0.29, 0.717) is 36.8 Å². The molecular formula is C22H24F6N4O3S. The highest BCUT2D eigenvalue weighted by atomic mass is 32.1. The van der Waals surface area contributed by atoms with E-state index in [1.807, 2.05) is 5.32 Å². The summed E-state index contributed by atoms with van der Waals surface area (Å²) in [5, 5.41) is 1.67. The number of rotatable bonds is 7. The molecule has 2 atom stereocenters. The summed E-state index contributed by atoms with van der Waals surface area (Å²) in [5.41, 5.74) is -2.26. The number of amides is 1. The highest BCUT2D eigenvalue weighted by Gasteiger charge is 2.41. The van der Waals surface area contributed by atoms with Crippen LogP contribution in [0.3, 0.4) is 0 Å². The van der Waals surface area contributed by atoms with Crippen LogP contribution in [0.5, 0.6) is 0 Å². The molecule has 14 heteroatoms. The minimum atomic E-state index is -5.01. The number of aromatic nitrogens is 2. The van der Waals surface area contributed by atoms with Gasteiger partial charge >= 0.3 is 18.3 Å². The number of carbonyl (C=O) groups excluding carboxylic acids is 2. The Morgan fingerprint density at radius 3 is 2.47 bits per heavy atom. The number of nitrogens with zero attached hydrogens (tertiary/aromatic N) is 3. The quantitative estimate of drug-likeness (QED) is 0.356. The Hall–Kier alpha value is -2.90. The summed E-state index contributed by atoms with van der Waals surface area (Å²) < 4.78 is 86.5. The second-order valence-corrected chi connectivity index (χ2v) is 9.17. The van der Waals surface area contributed by atoms with Gasteiger partial charge in [0.2, 0.25) is 5.01 Å². The molecule has 0 saturated carbocycles. The molecule has 198 valence electrons. The normalized spacial score (nSPS) is 17.2. The fraction of sp³-hybridized carbons (Fsp3) is 0.545. The Labute approximate surface area is 206 Å². The van der Waals surface area contributed by atoms with Gasteiger partial charge < -0.3 is 15.0 Å². The van der Waals surface area contributed by atoms with Crippen LogP contribution in [0.4, 0.5) is 32.2 Å². The first-order chi connectivity index (χ1) is 16.8. The van der Waals surface area contributed by atoms with Crippen LogP contribution in [0.25, 0.3) is 10.4 Å². The molecule has 1 saturated heterocycles. The number of thiazole rings is 1. The first kappa shape index (κ1) is 27.7. The maximum Gasteiger partial charge on any atom is 0.417 e. The number of hydrogen-bond acceptors (Lipinski definition) is 7. The number of esters is 1. The van der Waals surface area contributed by atoms with Crippen molar-refractivity contribution >= 4 is 29.0 Å². The zero-order chi connectivity index (χ0) is 26.8. The molecular weight excluding hydrogens is 514 g/mol. The average Bonchev–Trinajstić information content (AvgIpc) is 3.42. The number of halogens is 6.